The number of phenols is 2. The standard InChI is InChI=1S/C40H39O4.C2H6.CH4.Y/c1-24-12-29-20-31-14-25(2)16-33(38(31)42)22-35-18-28(11-10-27-8-6-5-7-9-27)19-36(40(35)44-4)23-34-17-26(3)15-32(39(34)43)21-30(13-24)37(29)41;1-2;;/h5-9,12-19,41-43H,4,10-11,20-23H2,1-3H3;1-2H3;1H4;/q-1;;;/p-1. The van der Waals surface area contributed by atoms with Crippen LogP contribution in [-0.4, -0.2) is 10.2 Å². The van der Waals surface area contributed by atoms with Gasteiger partial charge in [-0.15, -0.1) is 5.75 Å². The molecular weight excluding hydrogens is 669 g/mol. The molecule has 0 heterocycles. The first-order chi connectivity index (χ1) is 22.2. The van der Waals surface area contributed by atoms with Crippen LogP contribution in [0.2, 0.25) is 0 Å². The average Bonchev–Trinajstić information content (AvgIpc) is 3.04. The van der Waals surface area contributed by atoms with Gasteiger partial charge in [-0.2, -0.15) is 7.11 Å². The molecule has 5 heteroatoms. The molecule has 1 radical (unpaired) electrons. The van der Waals surface area contributed by atoms with E-state index >= 15 is 0 Å². The summed E-state index contributed by atoms with van der Waals surface area (Å²) in [5.41, 5.74) is 11.5. The summed E-state index contributed by atoms with van der Waals surface area (Å²) in [5, 5.41) is 36.9. The second-order valence-electron chi connectivity index (χ2n) is 12.4. The Morgan fingerprint density at radius 1 is 0.583 bits per heavy atom. The SMILES string of the molecule is C.CC.[CH2-]Oc1c2cc(CCc3ccccc3)cc1Cc1cc(C)cc(c1O)Cc1cc(C)cc(c1[O-])Cc1cc(C)cc(c1O)C2.[Y]. The van der Waals surface area contributed by atoms with Gasteiger partial charge in [0.1, 0.15) is 11.5 Å². The summed E-state index contributed by atoms with van der Waals surface area (Å²) in [6.45, 7) is 10.0. The van der Waals surface area contributed by atoms with Crippen LogP contribution in [0.1, 0.15) is 93.6 Å². The average molecular weight is 718 g/mol. The molecule has 8 bridgehead atoms. The van der Waals surface area contributed by atoms with E-state index in [2.05, 4.69) is 43.5 Å². The molecule has 249 valence electrons. The summed E-state index contributed by atoms with van der Waals surface area (Å²) in [4.78, 5) is 0. The van der Waals surface area contributed by atoms with E-state index in [1.165, 1.54) is 5.56 Å². The Balaban J connectivity index is 0.00000153. The largest absolute Gasteiger partial charge is 0.872 e. The molecule has 6 rings (SSSR count). The van der Waals surface area contributed by atoms with Crippen LogP contribution in [0.4, 0.5) is 0 Å². The monoisotopic (exact) mass is 717 g/mol. The number of aromatic hydroxyl groups is 2. The topological polar surface area (TPSA) is 72.8 Å². The minimum absolute atomic E-state index is 0. The maximum absolute atomic E-state index is 13.7. The van der Waals surface area contributed by atoms with Gasteiger partial charge in [-0.3, -0.25) is 0 Å². The van der Waals surface area contributed by atoms with Crippen LogP contribution < -0.4 is 9.84 Å². The summed E-state index contributed by atoms with van der Waals surface area (Å²) >= 11 is 0. The molecule has 1 aliphatic carbocycles. The van der Waals surface area contributed by atoms with Crippen LogP contribution in [0.15, 0.2) is 78.9 Å². The molecule has 1 aliphatic rings. The summed E-state index contributed by atoms with van der Waals surface area (Å²) in [7, 11) is 3.83. The number of phenolic OH excluding ortho intramolecular Hbond substituents is 2. The number of benzene rings is 5. The molecule has 0 amide bonds. The Morgan fingerprint density at radius 3 is 1.33 bits per heavy atom. The van der Waals surface area contributed by atoms with Crippen LogP contribution in [-0.2, 0) is 71.2 Å². The number of ether oxygens (including phenoxy) is 1. The first kappa shape index (κ1) is 38.8. The van der Waals surface area contributed by atoms with Crippen molar-refractivity contribution in [3.63, 3.8) is 0 Å². The molecule has 0 aromatic heterocycles. The van der Waals surface area contributed by atoms with Crippen molar-refractivity contribution in [2.24, 2.45) is 0 Å². The Bertz CT molecular complexity index is 1750. The van der Waals surface area contributed by atoms with Crippen molar-refractivity contribution in [3.05, 3.63) is 158 Å². The van der Waals surface area contributed by atoms with E-state index in [4.69, 9.17) is 4.74 Å². The van der Waals surface area contributed by atoms with Crippen LogP contribution >= 0.6 is 0 Å². The summed E-state index contributed by atoms with van der Waals surface area (Å²) < 4.78 is 5.83. The maximum atomic E-state index is 13.7. The van der Waals surface area contributed by atoms with Gasteiger partial charge in [-0.1, -0.05) is 128 Å². The molecule has 2 N–H and O–H groups in total. The number of aryl methyl sites for hydroxylation is 5. The third-order valence-corrected chi connectivity index (χ3v) is 8.73. The first-order valence-electron chi connectivity index (χ1n) is 16.2. The van der Waals surface area contributed by atoms with Crippen LogP contribution in [0.3, 0.4) is 0 Å². The van der Waals surface area contributed by atoms with Gasteiger partial charge < -0.3 is 20.1 Å². The predicted molar refractivity (Wildman–Crippen MR) is 192 cm³/mol. The van der Waals surface area contributed by atoms with Crippen LogP contribution in [0.25, 0.3) is 0 Å². The van der Waals surface area contributed by atoms with Crippen LogP contribution in [0, 0.1) is 27.9 Å². The Kier molecular flexibility index (Phi) is 13.9. The molecule has 48 heavy (non-hydrogen) atoms. The molecule has 5 aromatic rings. The quantitative estimate of drug-likeness (QED) is 0.178. The minimum Gasteiger partial charge on any atom is -0.872 e. The number of rotatable bonds is 4. The van der Waals surface area contributed by atoms with E-state index in [1.807, 2.05) is 77.1 Å². The van der Waals surface area contributed by atoms with Gasteiger partial charge in [0.05, 0.1) is 5.75 Å². The predicted octanol–water partition coefficient (Wildman–Crippen LogP) is 9.39. The molecule has 0 aliphatic heterocycles. The Labute approximate surface area is 312 Å². The molecular formula is C43H48O4Y-2. The van der Waals surface area contributed by atoms with Gasteiger partial charge in [0.25, 0.3) is 0 Å². The van der Waals surface area contributed by atoms with Crippen molar-refractivity contribution in [1.29, 1.82) is 0 Å². The van der Waals surface area contributed by atoms with Crippen molar-refractivity contribution in [2.45, 2.75) is 80.6 Å². The fraction of sp³-hybridized carbons (Fsp3) is 0.279. The third-order valence-electron chi connectivity index (χ3n) is 8.73. The zero-order valence-electron chi connectivity index (χ0n) is 28.2. The first-order valence-corrected chi connectivity index (χ1v) is 16.2. The minimum atomic E-state index is -0.0476. The number of fused-ring (bicyclic) bond motifs is 8. The maximum Gasteiger partial charge on any atom is 0.122 e. The van der Waals surface area contributed by atoms with E-state index in [-0.39, 0.29) is 57.4 Å². The van der Waals surface area contributed by atoms with Gasteiger partial charge in [-0.05, 0) is 78.1 Å². The van der Waals surface area contributed by atoms with Crippen molar-refractivity contribution in [1.82, 2.24) is 0 Å². The smallest absolute Gasteiger partial charge is 0.122 e. The molecule has 4 nitrogen and oxygen atoms in total. The van der Waals surface area contributed by atoms with Crippen molar-refractivity contribution >= 4 is 0 Å². The van der Waals surface area contributed by atoms with Gasteiger partial charge in [-0.25, -0.2) is 0 Å². The summed E-state index contributed by atoms with van der Waals surface area (Å²) in [5.74, 6) is 1.02. The zero-order valence-corrected chi connectivity index (χ0v) is 31.1. The van der Waals surface area contributed by atoms with E-state index in [1.54, 1.807) is 0 Å². The second kappa shape index (κ2) is 17.2. The second-order valence-corrected chi connectivity index (χ2v) is 12.4. The molecule has 0 saturated carbocycles. The van der Waals surface area contributed by atoms with E-state index in [0.717, 1.165) is 68.5 Å². The zero-order chi connectivity index (χ0) is 33.0. The third kappa shape index (κ3) is 8.70. The van der Waals surface area contributed by atoms with E-state index in [9.17, 15) is 15.3 Å². The fourth-order valence-corrected chi connectivity index (χ4v) is 6.77. The number of hydrogen-bond acceptors (Lipinski definition) is 4. The number of hydrogen-bond donors (Lipinski definition) is 2. The van der Waals surface area contributed by atoms with Crippen molar-refractivity contribution < 1.29 is 52.8 Å². The molecule has 0 saturated heterocycles. The molecule has 0 fully saturated rings. The fourth-order valence-electron chi connectivity index (χ4n) is 6.77. The van der Waals surface area contributed by atoms with Gasteiger partial charge >= 0.3 is 0 Å². The Hall–Kier alpha value is -3.60. The molecule has 5 aromatic carbocycles. The molecule has 0 spiro atoms. The Morgan fingerprint density at radius 2 is 0.938 bits per heavy atom. The summed E-state index contributed by atoms with van der Waals surface area (Å²) in [6.07, 6.45) is 3.23. The van der Waals surface area contributed by atoms with Crippen molar-refractivity contribution in [2.75, 3.05) is 0 Å². The molecule has 0 atom stereocenters. The van der Waals surface area contributed by atoms with Crippen molar-refractivity contribution in [3.8, 4) is 23.0 Å². The van der Waals surface area contributed by atoms with Gasteiger partial charge in [0, 0.05) is 58.4 Å². The van der Waals surface area contributed by atoms with Crippen LogP contribution in [0.5, 0.6) is 23.0 Å². The molecule has 0 unspecified atom stereocenters. The summed E-state index contributed by atoms with van der Waals surface area (Å²) in [6, 6.07) is 26.5. The van der Waals surface area contributed by atoms with Gasteiger partial charge in [0.15, 0.2) is 0 Å². The van der Waals surface area contributed by atoms with E-state index < -0.39 is 0 Å². The van der Waals surface area contributed by atoms with Gasteiger partial charge in [0.2, 0.25) is 0 Å². The van der Waals surface area contributed by atoms with E-state index in [0.29, 0.717) is 42.6 Å². The normalized spacial score (nSPS) is 11.7.